The number of likely N-dealkylation sites (N-methyl/N-ethyl adjacent to an activating group) is 1. The third-order valence-corrected chi connectivity index (χ3v) is 8.64. The molecule has 4 N–H and O–H groups in total. The maximum Gasteiger partial charge on any atom is 0.323 e. The first-order chi connectivity index (χ1) is 23.2. The molecule has 250 valence electrons. The van der Waals surface area contributed by atoms with Crippen molar-refractivity contribution in [1.82, 2.24) is 9.80 Å². The molecule has 2 aliphatic heterocycles. The Morgan fingerprint density at radius 2 is 1.67 bits per heavy atom. The number of benzene rings is 4. The molecule has 4 aromatic carbocycles. The Kier molecular flexibility index (Phi) is 9.53. The molecule has 0 radical (unpaired) electrons. The average molecular weight is 654 g/mol. The predicted molar refractivity (Wildman–Crippen MR) is 183 cm³/mol. The van der Waals surface area contributed by atoms with Crippen LogP contribution in [0, 0.1) is 5.92 Å². The van der Waals surface area contributed by atoms with E-state index in [0.29, 0.717) is 46.4 Å². The molecule has 0 saturated carbocycles. The standard InChI is InChI=1S/C36H39N5O7/c1-22-18-41(23(2)20-42)34(43)16-25-15-26(37-35(44)39-29-10-6-8-24-7-4-5-9-28(24)29)11-13-30(25)48-33(22)19-40(3)36(45)38-27-12-14-31-32(17-27)47-21-46-31/h4-15,17,22-23,33,42H,16,18-21H2,1-3H3,(H,38,45)(H2,37,39,44)/t22-,23-,33+/m0/s1. The molecule has 0 spiro atoms. The summed E-state index contributed by atoms with van der Waals surface area (Å²) in [6, 6.07) is 22.6. The molecule has 0 saturated heterocycles. The number of carbonyl (C=O) groups is 3. The number of nitrogens with one attached hydrogen (secondary N) is 3. The van der Waals surface area contributed by atoms with Crippen LogP contribution >= 0.6 is 0 Å². The normalized spacial score (nSPS) is 17.7. The Morgan fingerprint density at radius 3 is 2.48 bits per heavy atom. The molecule has 0 fully saturated rings. The van der Waals surface area contributed by atoms with Crippen LogP contribution in [0.3, 0.4) is 0 Å². The summed E-state index contributed by atoms with van der Waals surface area (Å²) in [5.41, 5.74) is 2.28. The van der Waals surface area contributed by atoms with Gasteiger partial charge in [-0.05, 0) is 48.7 Å². The zero-order valence-corrected chi connectivity index (χ0v) is 27.1. The van der Waals surface area contributed by atoms with E-state index in [4.69, 9.17) is 14.2 Å². The number of ether oxygens (including phenoxy) is 3. The summed E-state index contributed by atoms with van der Waals surface area (Å²) in [5, 5.41) is 20.6. The highest BCUT2D eigenvalue weighted by Gasteiger charge is 2.32. The Morgan fingerprint density at radius 1 is 0.938 bits per heavy atom. The van der Waals surface area contributed by atoms with Crippen LogP contribution in [0.2, 0.25) is 0 Å². The maximum absolute atomic E-state index is 13.6. The van der Waals surface area contributed by atoms with Crippen molar-refractivity contribution >= 4 is 45.8 Å². The van der Waals surface area contributed by atoms with Gasteiger partial charge < -0.3 is 45.1 Å². The molecule has 2 heterocycles. The summed E-state index contributed by atoms with van der Waals surface area (Å²) < 4.78 is 17.3. The van der Waals surface area contributed by atoms with Crippen LogP contribution in [-0.4, -0.2) is 78.6 Å². The highest BCUT2D eigenvalue weighted by molar-refractivity contribution is 6.06. The fraction of sp³-hybridized carbons (Fsp3) is 0.306. The van der Waals surface area contributed by atoms with Crippen LogP contribution in [0.25, 0.3) is 10.8 Å². The monoisotopic (exact) mass is 653 g/mol. The Labute approximate surface area is 278 Å². The average Bonchev–Trinajstić information content (AvgIpc) is 3.56. The SMILES string of the molecule is C[C@H]1CN([C@@H](C)CO)C(=O)Cc2cc(NC(=O)Nc3cccc4ccccc34)ccc2O[C@@H]1CN(C)C(=O)Nc1ccc2c(c1)OCO2. The van der Waals surface area contributed by atoms with Crippen LogP contribution in [-0.2, 0) is 11.2 Å². The van der Waals surface area contributed by atoms with E-state index in [1.807, 2.05) is 49.4 Å². The number of urea groups is 2. The lowest BCUT2D eigenvalue weighted by Gasteiger charge is -2.34. The summed E-state index contributed by atoms with van der Waals surface area (Å²) in [6.07, 6.45) is -0.510. The van der Waals surface area contributed by atoms with Crippen molar-refractivity contribution < 1.29 is 33.7 Å². The smallest absolute Gasteiger partial charge is 0.323 e. The summed E-state index contributed by atoms with van der Waals surface area (Å²) in [4.78, 5) is 43.1. The summed E-state index contributed by atoms with van der Waals surface area (Å²) in [6.45, 7) is 4.20. The van der Waals surface area contributed by atoms with Gasteiger partial charge in [-0.25, -0.2) is 9.59 Å². The van der Waals surface area contributed by atoms with Gasteiger partial charge in [-0.2, -0.15) is 0 Å². The first kappa shape index (κ1) is 32.5. The van der Waals surface area contributed by atoms with Gasteiger partial charge in [0, 0.05) is 47.9 Å². The molecule has 0 bridgehead atoms. The molecule has 3 atom stereocenters. The molecular weight excluding hydrogens is 614 g/mol. The van der Waals surface area contributed by atoms with Gasteiger partial charge in [0.2, 0.25) is 12.7 Å². The van der Waals surface area contributed by atoms with Crippen LogP contribution < -0.4 is 30.2 Å². The Hall–Kier alpha value is -5.49. The second kappa shape index (κ2) is 14.1. The lowest BCUT2D eigenvalue weighted by molar-refractivity contribution is -0.134. The second-order valence-electron chi connectivity index (χ2n) is 12.2. The largest absolute Gasteiger partial charge is 0.488 e. The summed E-state index contributed by atoms with van der Waals surface area (Å²) >= 11 is 0. The van der Waals surface area contributed by atoms with Crippen LogP contribution in [0.1, 0.15) is 19.4 Å². The van der Waals surface area contributed by atoms with Gasteiger partial charge in [0.15, 0.2) is 11.5 Å². The third kappa shape index (κ3) is 7.23. The van der Waals surface area contributed by atoms with Crippen molar-refractivity contribution in [2.45, 2.75) is 32.4 Å². The highest BCUT2D eigenvalue weighted by atomic mass is 16.7. The van der Waals surface area contributed by atoms with Crippen LogP contribution in [0.15, 0.2) is 78.9 Å². The molecule has 48 heavy (non-hydrogen) atoms. The van der Waals surface area contributed by atoms with Crippen molar-refractivity contribution in [2.24, 2.45) is 5.92 Å². The molecule has 6 rings (SSSR count). The zero-order valence-electron chi connectivity index (χ0n) is 27.1. The third-order valence-electron chi connectivity index (χ3n) is 8.64. The molecule has 2 aliphatic rings. The second-order valence-corrected chi connectivity index (χ2v) is 12.2. The highest BCUT2D eigenvalue weighted by Crippen LogP contribution is 2.34. The molecule has 12 nitrogen and oxygen atoms in total. The van der Waals surface area contributed by atoms with Gasteiger partial charge >= 0.3 is 12.1 Å². The van der Waals surface area contributed by atoms with Crippen molar-refractivity contribution in [1.29, 1.82) is 0 Å². The first-order valence-corrected chi connectivity index (χ1v) is 15.9. The van der Waals surface area contributed by atoms with Gasteiger partial charge in [-0.3, -0.25) is 4.79 Å². The van der Waals surface area contributed by atoms with E-state index >= 15 is 0 Å². The van der Waals surface area contributed by atoms with E-state index in [1.165, 1.54) is 4.90 Å². The number of aliphatic hydroxyl groups is 1. The lowest BCUT2D eigenvalue weighted by atomic mass is 10.0. The minimum Gasteiger partial charge on any atom is -0.488 e. The van der Waals surface area contributed by atoms with Gasteiger partial charge in [0.1, 0.15) is 11.9 Å². The first-order valence-electron chi connectivity index (χ1n) is 15.9. The van der Waals surface area contributed by atoms with E-state index in [2.05, 4.69) is 16.0 Å². The van der Waals surface area contributed by atoms with Gasteiger partial charge in [0.05, 0.1) is 31.3 Å². The van der Waals surface area contributed by atoms with Crippen LogP contribution in [0.4, 0.5) is 26.7 Å². The van der Waals surface area contributed by atoms with Gasteiger partial charge in [-0.15, -0.1) is 0 Å². The van der Waals surface area contributed by atoms with Gasteiger partial charge in [-0.1, -0.05) is 43.3 Å². The van der Waals surface area contributed by atoms with E-state index in [1.54, 1.807) is 55.3 Å². The number of amides is 5. The van der Waals surface area contributed by atoms with Crippen molar-refractivity contribution in [3.05, 3.63) is 84.4 Å². The number of anilines is 3. The molecule has 0 unspecified atom stereocenters. The predicted octanol–water partition coefficient (Wildman–Crippen LogP) is 5.53. The number of carbonyl (C=O) groups excluding carboxylic acids is 3. The summed E-state index contributed by atoms with van der Waals surface area (Å²) in [5.74, 6) is 1.26. The fourth-order valence-corrected chi connectivity index (χ4v) is 5.89. The van der Waals surface area contributed by atoms with Crippen LogP contribution in [0.5, 0.6) is 17.2 Å². The molecule has 5 amide bonds. The van der Waals surface area contributed by atoms with Crippen molar-refractivity contribution in [3.63, 3.8) is 0 Å². The molecule has 0 aliphatic carbocycles. The van der Waals surface area contributed by atoms with Crippen molar-refractivity contribution in [2.75, 3.05) is 49.5 Å². The molecular formula is C36H39N5O7. The maximum atomic E-state index is 13.6. The van der Waals surface area contributed by atoms with E-state index in [9.17, 15) is 19.5 Å². The van der Waals surface area contributed by atoms with Crippen molar-refractivity contribution in [3.8, 4) is 17.2 Å². The van der Waals surface area contributed by atoms with E-state index in [0.717, 1.165) is 10.8 Å². The summed E-state index contributed by atoms with van der Waals surface area (Å²) in [7, 11) is 1.67. The molecule has 4 aromatic rings. The number of fused-ring (bicyclic) bond motifs is 3. The minimum atomic E-state index is -0.510. The molecule has 0 aromatic heterocycles. The number of aliphatic hydroxyl groups excluding tert-OH is 1. The number of hydrogen-bond donors (Lipinski definition) is 4. The molecule has 12 heteroatoms. The Bertz CT molecular complexity index is 1830. The number of rotatable bonds is 7. The number of nitrogens with zero attached hydrogens (tertiary/aromatic N) is 2. The lowest BCUT2D eigenvalue weighted by Crippen LogP contribution is -2.48. The quantitative estimate of drug-likeness (QED) is 0.206. The zero-order chi connectivity index (χ0) is 33.8. The van der Waals surface area contributed by atoms with E-state index in [-0.39, 0.29) is 44.2 Å². The fourth-order valence-electron chi connectivity index (χ4n) is 5.89. The van der Waals surface area contributed by atoms with Gasteiger partial charge in [0.25, 0.3) is 0 Å². The topological polar surface area (TPSA) is 142 Å². The minimum absolute atomic E-state index is 0.0000145. The number of hydrogen-bond acceptors (Lipinski definition) is 7. The Balaban J connectivity index is 1.20. The van der Waals surface area contributed by atoms with E-state index < -0.39 is 18.2 Å².